The first-order valence-corrected chi connectivity index (χ1v) is 6.64. The minimum absolute atomic E-state index is 0.170. The molecule has 1 aromatic carbocycles. The summed E-state index contributed by atoms with van der Waals surface area (Å²) < 4.78 is 0. The maximum absolute atomic E-state index is 6.23. The maximum Gasteiger partial charge on any atom is 0.0855 e. The molecule has 2 fully saturated rings. The Bertz CT molecular complexity index is 409. The summed E-state index contributed by atoms with van der Waals surface area (Å²) in [6.07, 6.45) is 3.49. The Morgan fingerprint density at radius 1 is 1.12 bits per heavy atom. The van der Waals surface area contributed by atoms with Gasteiger partial charge in [-0.3, -0.25) is 10.6 Å². The summed E-state index contributed by atoms with van der Waals surface area (Å²) in [6.45, 7) is 0. The summed E-state index contributed by atoms with van der Waals surface area (Å²) in [5, 5.41) is 8.04. The lowest BCUT2D eigenvalue weighted by molar-refractivity contribution is 0.338. The van der Waals surface area contributed by atoms with Crippen LogP contribution in [0.25, 0.3) is 0 Å². The normalized spacial score (nSPS) is 36.8. The van der Waals surface area contributed by atoms with E-state index in [1.807, 2.05) is 18.2 Å². The minimum atomic E-state index is 0.170. The molecule has 1 heterocycles. The second-order valence-corrected chi connectivity index (χ2v) is 5.48. The van der Waals surface area contributed by atoms with Gasteiger partial charge in [0.2, 0.25) is 0 Å². The van der Waals surface area contributed by atoms with E-state index in [1.54, 1.807) is 0 Å². The zero-order valence-corrected chi connectivity index (χ0v) is 10.5. The Balaban J connectivity index is 1.78. The smallest absolute Gasteiger partial charge is 0.0855 e. The van der Waals surface area contributed by atoms with Crippen molar-refractivity contribution in [2.75, 3.05) is 0 Å². The summed E-state index contributed by atoms with van der Waals surface area (Å²) in [7, 11) is 0. The second-order valence-electron chi connectivity index (χ2n) is 5.07. The Morgan fingerprint density at radius 3 is 2.71 bits per heavy atom. The lowest BCUT2D eigenvalue weighted by atomic mass is 9.88. The molecule has 92 valence electrons. The molecule has 0 bridgehead atoms. The molecule has 4 unspecified atom stereocenters. The minimum Gasteiger partial charge on any atom is -0.328 e. The van der Waals surface area contributed by atoms with Crippen LogP contribution in [0, 0.1) is 0 Å². The first kappa shape index (κ1) is 11.5. The highest BCUT2D eigenvalue weighted by Gasteiger charge is 2.37. The van der Waals surface area contributed by atoms with E-state index in [-0.39, 0.29) is 6.17 Å². The van der Waals surface area contributed by atoms with E-state index in [4.69, 9.17) is 17.3 Å². The van der Waals surface area contributed by atoms with E-state index >= 15 is 0 Å². The number of rotatable bonds is 1. The standard InChI is InChI=1S/C13H18ClN3/c14-10-4-2-1-3-9(10)13-16-11-6-5-8(15)7-12(11)17-13/h1-4,8,11-13,16-17H,5-7,15H2. The zero-order valence-electron chi connectivity index (χ0n) is 9.70. The average molecular weight is 252 g/mol. The maximum atomic E-state index is 6.23. The van der Waals surface area contributed by atoms with E-state index < -0.39 is 0 Å². The van der Waals surface area contributed by atoms with Gasteiger partial charge in [-0.2, -0.15) is 0 Å². The van der Waals surface area contributed by atoms with E-state index in [1.165, 1.54) is 0 Å². The molecule has 0 spiro atoms. The van der Waals surface area contributed by atoms with Crippen LogP contribution < -0.4 is 16.4 Å². The second kappa shape index (κ2) is 4.58. The van der Waals surface area contributed by atoms with Crippen molar-refractivity contribution in [1.82, 2.24) is 10.6 Å². The Morgan fingerprint density at radius 2 is 1.88 bits per heavy atom. The van der Waals surface area contributed by atoms with E-state index in [9.17, 15) is 0 Å². The molecule has 0 radical (unpaired) electrons. The van der Waals surface area contributed by atoms with Crippen molar-refractivity contribution in [1.29, 1.82) is 0 Å². The molecule has 1 saturated carbocycles. The predicted molar refractivity (Wildman–Crippen MR) is 69.9 cm³/mol. The summed E-state index contributed by atoms with van der Waals surface area (Å²) in [4.78, 5) is 0. The number of hydrogen-bond acceptors (Lipinski definition) is 3. The number of nitrogens with two attached hydrogens (primary N) is 1. The van der Waals surface area contributed by atoms with Crippen LogP contribution >= 0.6 is 11.6 Å². The number of nitrogens with one attached hydrogen (secondary N) is 2. The summed E-state index contributed by atoms with van der Waals surface area (Å²) in [5.41, 5.74) is 7.15. The highest BCUT2D eigenvalue weighted by Crippen LogP contribution is 2.30. The van der Waals surface area contributed by atoms with Crippen molar-refractivity contribution >= 4 is 11.6 Å². The zero-order chi connectivity index (χ0) is 11.8. The predicted octanol–water partition coefficient (Wildman–Crippen LogP) is 1.78. The van der Waals surface area contributed by atoms with Gasteiger partial charge in [0, 0.05) is 28.7 Å². The van der Waals surface area contributed by atoms with Crippen molar-refractivity contribution < 1.29 is 0 Å². The van der Waals surface area contributed by atoms with Gasteiger partial charge < -0.3 is 5.73 Å². The number of fused-ring (bicyclic) bond motifs is 1. The monoisotopic (exact) mass is 251 g/mol. The third kappa shape index (κ3) is 2.20. The van der Waals surface area contributed by atoms with Crippen molar-refractivity contribution in [3.05, 3.63) is 34.9 Å². The number of halogens is 1. The van der Waals surface area contributed by atoms with Crippen LogP contribution in [0.5, 0.6) is 0 Å². The highest BCUT2D eigenvalue weighted by molar-refractivity contribution is 6.31. The Kier molecular flexibility index (Phi) is 3.09. The van der Waals surface area contributed by atoms with Crippen LogP contribution in [-0.4, -0.2) is 18.1 Å². The molecule has 3 nitrogen and oxygen atoms in total. The molecule has 0 aromatic heterocycles. The molecule has 4 atom stereocenters. The lowest BCUT2D eigenvalue weighted by Crippen LogP contribution is -2.44. The lowest BCUT2D eigenvalue weighted by Gasteiger charge is -2.28. The van der Waals surface area contributed by atoms with Crippen LogP contribution in [0.15, 0.2) is 24.3 Å². The topological polar surface area (TPSA) is 50.1 Å². The van der Waals surface area contributed by atoms with Gasteiger partial charge in [-0.05, 0) is 25.3 Å². The van der Waals surface area contributed by atoms with Gasteiger partial charge in [-0.1, -0.05) is 29.8 Å². The van der Waals surface area contributed by atoms with E-state index in [2.05, 4.69) is 16.7 Å². The summed E-state index contributed by atoms with van der Waals surface area (Å²) in [5.74, 6) is 0. The fraction of sp³-hybridized carbons (Fsp3) is 0.538. The Labute approximate surface area is 107 Å². The average Bonchev–Trinajstić information content (AvgIpc) is 2.72. The number of benzene rings is 1. The van der Waals surface area contributed by atoms with Crippen molar-refractivity contribution in [3.8, 4) is 0 Å². The molecule has 1 saturated heterocycles. The van der Waals surface area contributed by atoms with Gasteiger partial charge in [-0.15, -0.1) is 0 Å². The molecule has 4 heteroatoms. The molecular weight excluding hydrogens is 234 g/mol. The molecule has 2 aliphatic rings. The van der Waals surface area contributed by atoms with Crippen molar-refractivity contribution in [2.45, 2.75) is 43.6 Å². The van der Waals surface area contributed by atoms with Gasteiger partial charge in [0.1, 0.15) is 0 Å². The molecule has 1 aliphatic carbocycles. The van der Waals surface area contributed by atoms with Gasteiger partial charge in [0.25, 0.3) is 0 Å². The van der Waals surface area contributed by atoms with Crippen LogP contribution in [0.2, 0.25) is 5.02 Å². The quantitative estimate of drug-likeness (QED) is 0.713. The first-order valence-electron chi connectivity index (χ1n) is 6.26. The van der Waals surface area contributed by atoms with Crippen LogP contribution in [0.1, 0.15) is 31.0 Å². The highest BCUT2D eigenvalue weighted by atomic mass is 35.5. The molecule has 17 heavy (non-hydrogen) atoms. The van der Waals surface area contributed by atoms with Gasteiger partial charge >= 0.3 is 0 Å². The van der Waals surface area contributed by atoms with E-state index in [0.717, 1.165) is 29.8 Å². The molecule has 1 aromatic rings. The Hall–Kier alpha value is -0.610. The van der Waals surface area contributed by atoms with Crippen LogP contribution in [0.3, 0.4) is 0 Å². The van der Waals surface area contributed by atoms with Crippen LogP contribution in [-0.2, 0) is 0 Å². The molecule has 0 amide bonds. The molecule has 3 rings (SSSR count). The van der Waals surface area contributed by atoms with E-state index in [0.29, 0.717) is 18.1 Å². The van der Waals surface area contributed by atoms with Gasteiger partial charge in [0.15, 0.2) is 0 Å². The summed E-state index contributed by atoms with van der Waals surface area (Å²) >= 11 is 6.23. The largest absolute Gasteiger partial charge is 0.328 e. The molecule has 4 N–H and O–H groups in total. The van der Waals surface area contributed by atoms with Crippen molar-refractivity contribution in [3.63, 3.8) is 0 Å². The first-order chi connectivity index (χ1) is 8.24. The SMILES string of the molecule is NC1CCC2NC(c3ccccc3Cl)NC2C1. The van der Waals surface area contributed by atoms with Gasteiger partial charge in [-0.25, -0.2) is 0 Å². The summed E-state index contributed by atoms with van der Waals surface area (Å²) in [6, 6.07) is 9.37. The third-order valence-corrected chi connectivity index (χ3v) is 4.21. The fourth-order valence-electron chi connectivity index (χ4n) is 2.95. The number of hydrogen-bond donors (Lipinski definition) is 3. The molecular formula is C13H18ClN3. The van der Waals surface area contributed by atoms with Gasteiger partial charge in [0.05, 0.1) is 6.17 Å². The molecule has 1 aliphatic heterocycles. The fourth-order valence-corrected chi connectivity index (χ4v) is 3.20. The van der Waals surface area contributed by atoms with Crippen LogP contribution in [0.4, 0.5) is 0 Å². The third-order valence-electron chi connectivity index (χ3n) is 3.87. The van der Waals surface area contributed by atoms with Crippen molar-refractivity contribution in [2.24, 2.45) is 5.73 Å².